The molecule has 0 amide bonds. The fourth-order valence-corrected chi connectivity index (χ4v) is 13.9. The third-order valence-electron chi connectivity index (χ3n) is 18.7. The second-order valence-electron chi connectivity index (χ2n) is 28.8. The van der Waals surface area contributed by atoms with E-state index >= 15 is 0 Å². The van der Waals surface area contributed by atoms with Gasteiger partial charge in [-0.1, -0.05) is 367 Å². The van der Waals surface area contributed by atoms with Crippen LogP contribution in [0.1, 0.15) is 419 Å². The van der Waals surface area contributed by atoms with Crippen LogP contribution in [0.15, 0.2) is 24.3 Å². The smallest absolute Gasteiger partial charge is 0.462 e. The third-order valence-corrected chi connectivity index (χ3v) is 20.6. The minimum Gasteiger partial charge on any atom is -0.462 e. The molecule has 0 aliphatic heterocycles. The van der Waals surface area contributed by atoms with E-state index < -0.39 is 97.5 Å². The van der Waals surface area contributed by atoms with Crippen molar-refractivity contribution < 1.29 is 80.2 Å². The highest BCUT2D eigenvalue weighted by molar-refractivity contribution is 7.47. The lowest BCUT2D eigenvalue weighted by Gasteiger charge is -2.21. The number of allylic oxidation sites excluding steroid dienone is 4. The number of esters is 4. The minimum atomic E-state index is -4.97. The summed E-state index contributed by atoms with van der Waals surface area (Å²) in [5, 5.41) is 10.6. The van der Waals surface area contributed by atoms with Crippen molar-refractivity contribution in [1.29, 1.82) is 0 Å². The van der Waals surface area contributed by atoms with Crippen molar-refractivity contribution in [2.45, 2.75) is 438 Å². The van der Waals surface area contributed by atoms with E-state index in [1.807, 2.05) is 0 Å². The SMILES string of the molecule is CCCCCC/C=C\C=C/CCCCCCCC(=O)O[C@H](COC(=O)CCCCCCCCCC)COP(=O)(O)OC[C@H](O)COP(=O)(O)OC[C@@H](COC(=O)CCCCCCCCCCCCCCCCCCCCC)OC(=O)CCCCCCCCCCCCCCCCCCCCC. The van der Waals surface area contributed by atoms with Gasteiger partial charge < -0.3 is 33.8 Å². The van der Waals surface area contributed by atoms with Gasteiger partial charge in [-0.2, -0.15) is 0 Å². The van der Waals surface area contributed by atoms with Crippen molar-refractivity contribution in [3.63, 3.8) is 0 Å². The lowest BCUT2D eigenvalue weighted by atomic mass is 10.0. The quantitative estimate of drug-likeness (QED) is 0.0169. The van der Waals surface area contributed by atoms with Crippen LogP contribution in [0.2, 0.25) is 0 Å². The van der Waals surface area contributed by atoms with E-state index in [1.54, 1.807) is 0 Å². The van der Waals surface area contributed by atoms with E-state index in [1.165, 1.54) is 231 Å². The van der Waals surface area contributed by atoms with Gasteiger partial charge in [0, 0.05) is 25.7 Å². The Labute approximate surface area is 618 Å². The van der Waals surface area contributed by atoms with Gasteiger partial charge in [-0.15, -0.1) is 0 Å². The molecule has 0 radical (unpaired) electrons. The zero-order valence-electron chi connectivity index (χ0n) is 65.4. The maximum absolute atomic E-state index is 13.1. The Kier molecular flexibility index (Phi) is 73.9. The van der Waals surface area contributed by atoms with E-state index in [0.717, 1.165) is 109 Å². The van der Waals surface area contributed by atoms with Gasteiger partial charge in [0.05, 0.1) is 26.4 Å². The fraction of sp³-hybridized carbons (Fsp3) is 0.902. The van der Waals surface area contributed by atoms with Crippen LogP contribution in [-0.4, -0.2) is 96.7 Å². The van der Waals surface area contributed by atoms with Crippen LogP contribution in [0.5, 0.6) is 0 Å². The Morgan fingerprint density at radius 2 is 0.475 bits per heavy atom. The van der Waals surface area contributed by atoms with Crippen molar-refractivity contribution >= 4 is 39.5 Å². The van der Waals surface area contributed by atoms with Gasteiger partial charge in [0.1, 0.15) is 19.3 Å². The first kappa shape index (κ1) is 98.5. The molecule has 0 aromatic carbocycles. The molecule has 0 aliphatic carbocycles. The Morgan fingerprint density at radius 3 is 0.723 bits per heavy atom. The molecule has 0 aliphatic rings. The van der Waals surface area contributed by atoms with E-state index in [-0.39, 0.29) is 25.7 Å². The van der Waals surface area contributed by atoms with E-state index in [2.05, 4.69) is 52.0 Å². The molecule has 0 bridgehead atoms. The van der Waals surface area contributed by atoms with Gasteiger partial charge in [-0.3, -0.25) is 37.3 Å². The van der Waals surface area contributed by atoms with Gasteiger partial charge in [0.15, 0.2) is 12.2 Å². The van der Waals surface area contributed by atoms with Crippen molar-refractivity contribution in [2.24, 2.45) is 0 Å². The summed E-state index contributed by atoms with van der Waals surface area (Å²) in [7, 11) is -9.93. The number of phosphoric acid groups is 2. The molecule has 0 saturated heterocycles. The van der Waals surface area contributed by atoms with Crippen LogP contribution in [0.4, 0.5) is 0 Å². The summed E-state index contributed by atoms with van der Waals surface area (Å²) >= 11 is 0. The number of hydrogen-bond donors (Lipinski definition) is 3. The Morgan fingerprint density at radius 1 is 0.277 bits per heavy atom. The lowest BCUT2D eigenvalue weighted by molar-refractivity contribution is -0.161. The first-order valence-corrected chi connectivity index (χ1v) is 45.1. The van der Waals surface area contributed by atoms with E-state index in [4.69, 9.17) is 37.0 Å². The first-order valence-electron chi connectivity index (χ1n) is 42.1. The molecule has 5 atom stereocenters. The summed E-state index contributed by atoms with van der Waals surface area (Å²) < 4.78 is 68.6. The van der Waals surface area contributed by atoms with Crippen LogP contribution < -0.4 is 0 Å². The maximum Gasteiger partial charge on any atom is 0.472 e. The normalized spacial score (nSPS) is 13.9. The number of carbonyl (C=O) groups excluding carboxylic acids is 4. The number of ether oxygens (including phenoxy) is 4. The molecule has 19 heteroatoms. The molecular formula is C82H156O17P2. The molecule has 0 spiro atoms. The molecule has 17 nitrogen and oxygen atoms in total. The summed E-state index contributed by atoms with van der Waals surface area (Å²) in [6.07, 6.45) is 71.7. The van der Waals surface area contributed by atoms with E-state index in [9.17, 15) is 43.2 Å². The van der Waals surface area contributed by atoms with Gasteiger partial charge in [0.2, 0.25) is 0 Å². The van der Waals surface area contributed by atoms with Crippen molar-refractivity contribution in [1.82, 2.24) is 0 Å². The monoisotopic (exact) mass is 1480 g/mol. The van der Waals surface area contributed by atoms with E-state index in [0.29, 0.717) is 25.7 Å². The molecular weight excluding hydrogens is 1320 g/mol. The second kappa shape index (κ2) is 75.8. The number of aliphatic hydroxyl groups is 1. The Bertz CT molecular complexity index is 2010. The maximum atomic E-state index is 13.1. The lowest BCUT2D eigenvalue weighted by Crippen LogP contribution is -2.30. The minimum absolute atomic E-state index is 0.0855. The molecule has 0 aromatic rings. The molecule has 596 valence electrons. The summed E-state index contributed by atoms with van der Waals surface area (Å²) in [5.41, 5.74) is 0. The number of carbonyl (C=O) groups is 4. The van der Waals surface area contributed by atoms with Crippen molar-refractivity contribution in [3.8, 4) is 0 Å². The zero-order chi connectivity index (χ0) is 73.9. The highest BCUT2D eigenvalue weighted by Crippen LogP contribution is 2.45. The van der Waals surface area contributed by atoms with Crippen LogP contribution >= 0.6 is 15.6 Å². The molecule has 0 rings (SSSR count). The largest absolute Gasteiger partial charge is 0.472 e. The fourth-order valence-electron chi connectivity index (χ4n) is 12.3. The van der Waals surface area contributed by atoms with Crippen LogP contribution in [0, 0.1) is 0 Å². The summed E-state index contributed by atoms with van der Waals surface area (Å²) in [6.45, 7) is 4.93. The topological polar surface area (TPSA) is 237 Å². The van der Waals surface area contributed by atoms with Gasteiger partial charge in [-0.25, -0.2) is 9.13 Å². The zero-order valence-corrected chi connectivity index (χ0v) is 67.2. The molecule has 0 fully saturated rings. The molecule has 0 aromatic heterocycles. The molecule has 0 saturated carbocycles. The highest BCUT2D eigenvalue weighted by atomic mass is 31.2. The molecule has 0 heterocycles. The molecule has 101 heavy (non-hydrogen) atoms. The first-order chi connectivity index (χ1) is 49.2. The standard InChI is InChI=1S/C82H156O17P2/c1-5-9-13-17-21-25-28-31-34-36-38-40-43-45-48-51-55-59-63-67-80(85)93-73-78(99-82(87)69-65-61-57-53-50-47-44-41-39-37-35-32-29-26-22-18-14-10-6-2)75-97-101(90,91)95-71-76(83)70-94-100(88,89)96-74-77(72-92-79(84)66-62-58-54-24-20-16-12-8-4)98-81(86)68-64-60-56-52-49-46-42-33-30-27-23-19-15-11-7-3/h27,30,33,42,76-78,83H,5-26,28-29,31-32,34-41,43-75H2,1-4H3,(H,88,89)(H,90,91)/b30-27-,42-33-/t76-,77+,78+/m0/s1. The van der Waals surface area contributed by atoms with Crippen molar-refractivity contribution in [3.05, 3.63) is 24.3 Å². The number of aliphatic hydroxyl groups excluding tert-OH is 1. The predicted octanol–water partition coefficient (Wildman–Crippen LogP) is 24.5. The Hall–Kier alpha value is -2.46. The number of hydrogen-bond acceptors (Lipinski definition) is 15. The average molecular weight is 1480 g/mol. The van der Waals surface area contributed by atoms with Crippen LogP contribution in [-0.2, 0) is 65.4 Å². The second-order valence-corrected chi connectivity index (χ2v) is 31.7. The van der Waals surface area contributed by atoms with Crippen LogP contribution in [0.3, 0.4) is 0 Å². The van der Waals surface area contributed by atoms with Gasteiger partial charge in [0.25, 0.3) is 0 Å². The van der Waals surface area contributed by atoms with Gasteiger partial charge in [-0.05, 0) is 51.4 Å². The third kappa shape index (κ3) is 75.6. The average Bonchev–Trinajstić information content (AvgIpc) is 0.989. The number of rotatable bonds is 81. The predicted molar refractivity (Wildman–Crippen MR) is 414 cm³/mol. The Balaban J connectivity index is 5.22. The van der Waals surface area contributed by atoms with Crippen LogP contribution in [0.25, 0.3) is 0 Å². The van der Waals surface area contributed by atoms with Gasteiger partial charge >= 0.3 is 39.5 Å². The summed E-state index contributed by atoms with van der Waals surface area (Å²) in [6, 6.07) is 0. The molecule has 3 N–H and O–H groups in total. The summed E-state index contributed by atoms with van der Waals surface area (Å²) in [5.74, 6) is -2.14. The number of unbranched alkanes of at least 4 members (excludes halogenated alkanes) is 52. The summed E-state index contributed by atoms with van der Waals surface area (Å²) in [4.78, 5) is 72.9. The molecule has 2 unspecified atom stereocenters. The van der Waals surface area contributed by atoms with Crippen molar-refractivity contribution in [2.75, 3.05) is 39.6 Å². The number of phosphoric ester groups is 2. The highest BCUT2D eigenvalue weighted by Gasteiger charge is 2.30.